The van der Waals surface area contributed by atoms with Gasteiger partial charge in [-0.25, -0.2) is 13.2 Å². The number of unbranched alkanes of at least 4 members (excludes halogenated alkanes) is 1. The molecule has 0 radical (unpaired) electrons. The van der Waals surface area contributed by atoms with E-state index in [1.807, 2.05) is 0 Å². The van der Waals surface area contributed by atoms with Crippen molar-refractivity contribution in [2.24, 2.45) is 0 Å². The molecule has 0 atom stereocenters. The zero-order valence-electron chi connectivity index (χ0n) is 9.77. The Hall–Kier alpha value is -0.820. The van der Waals surface area contributed by atoms with Crippen LogP contribution in [0.2, 0.25) is 10.0 Å². The summed E-state index contributed by atoms with van der Waals surface area (Å²) in [5.41, 5.74) is -0.352. The molecule has 0 saturated carbocycles. The molecule has 0 spiro atoms. The maximum Gasteiger partial charge on any atom is 0.337 e. The number of carboxylic acids is 1. The number of aromatic carboxylic acids is 1. The van der Waals surface area contributed by atoms with Gasteiger partial charge in [0, 0.05) is 11.6 Å². The number of aliphatic hydroxyl groups excluding tert-OH is 1. The van der Waals surface area contributed by atoms with Crippen LogP contribution in [0.4, 0.5) is 0 Å². The molecule has 106 valence electrons. The number of carboxylic acid groups (broad SMARTS) is 1. The summed E-state index contributed by atoms with van der Waals surface area (Å²) in [5.74, 6) is -1.58. The van der Waals surface area contributed by atoms with Crippen molar-refractivity contribution >= 4 is 39.0 Å². The maximum absolute atomic E-state index is 12.0. The number of sulfone groups is 1. The lowest BCUT2D eigenvalue weighted by Crippen LogP contribution is -2.10. The lowest BCUT2D eigenvalue weighted by atomic mass is 10.2. The predicted molar refractivity (Wildman–Crippen MR) is 71.8 cm³/mol. The second-order valence-corrected chi connectivity index (χ2v) is 6.71. The van der Waals surface area contributed by atoms with Crippen LogP contribution in [-0.4, -0.2) is 37.0 Å². The number of halogens is 2. The van der Waals surface area contributed by atoms with Gasteiger partial charge < -0.3 is 10.2 Å². The number of benzene rings is 1. The quantitative estimate of drug-likeness (QED) is 0.782. The molecule has 0 aromatic heterocycles. The lowest BCUT2D eigenvalue weighted by molar-refractivity contribution is 0.0697. The second kappa shape index (κ2) is 6.56. The van der Waals surface area contributed by atoms with E-state index in [4.69, 9.17) is 33.4 Å². The van der Waals surface area contributed by atoms with Gasteiger partial charge >= 0.3 is 5.97 Å². The first-order valence-electron chi connectivity index (χ1n) is 5.35. The predicted octanol–water partition coefficient (Wildman–Crippen LogP) is 2.24. The highest BCUT2D eigenvalue weighted by atomic mass is 35.5. The minimum Gasteiger partial charge on any atom is -0.478 e. The van der Waals surface area contributed by atoms with E-state index in [1.54, 1.807) is 0 Å². The Bertz CT molecular complexity index is 583. The Morgan fingerprint density at radius 2 is 1.84 bits per heavy atom. The molecule has 0 fully saturated rings. The maximum atomic E-state index is 12.0. The number of carbonyl (C=O) groups is 1. The van der Waals surface area contributed by atoms with Gasteiger partial charge in [-0.1, -0.05) is 23.2 Å². The van der Waals surface area contributed by atoms with E-state index in [2.05, 4.69) is 0 Å². The fourth-order valence-electron chi connectivity index (χ4n) is 1.46. The highest BCUT2D eigenvalue weighted by molar-refractivity contribution is 7.91. The Morgan fingerprint density at radius 1 is 1.21 bits per heavy atom. The summed E-state index contributed by atoms with van der Waals surface area (Å²) in [6, 6.07) is 2.23. The summed E-state index contributed by atoms with van der Waals surface area (Å²) < 4.78 is 24.1. The normalized spacial score (nSPS) is 11.5. The number of hydrogen-bond acceptors (Lipinski definition) is 4. The van der Waals surface area contributed by atoms with E-state index < -0.39 is 15.8 Å². The summed E-state index contributed by atoms with van der Waals surface area (Å²) >= 11 is 11.5. The van der Waals surface area contributed by atoms with Gasteiger partial charge in [-0.05, 0) is 25.0 Å². The fourth-order valence-corrected chi connectivity index (χ4v) is 3.78. The largest absolute Gasteiger partial charge is 0.478 e. The molecular formula is C11H12Cl2O5S. The number of hydrogen-bond donors (Lipinski definition) is 2. The standard InChI is InChI=1S/C11H12Cl2O5S/c12-7-5-8(11(15)16)10(13)9(6-7)19(17,18)4-2-1-3-14/h5-6,14H,1-4H2,(H,15,16). The molecule has 0 bridgehead atoms. The van der Waals surface area contributed by atoms with Crippen molar-refractivity contribution in [2.75, 3.05) is 12.4 Å². The van der Waals surface area contributed by atoms with Crippen LogP contribution in [0.15, 0.2) is 17.0 Å². The van der Waals surface area contributed by atoms with Crippen molar-refractivity contribution < 1.29 is 23.4 Å². The average molecular weight is 327 g/mol. The van der Waals surface area contributed by atoms with Crippen molar-refractivity contribution in [3.8, 4) is 0 Å². The summed E-state index contributed by atoms with van der Waals surface area (Å²) in [4.78, 5) is 10.6. The Morgan fingerprint density at radius 3 is 2.37 bits per heavy atom. The molecular weight excluding hydrogens is 315 g/mol. The zero-order chi connectivity index (χ0) is 14.6. The molecule has 1 rings (SSSR count). The fraction of sp³-hybridized carbons (Fsp3) is 0.364. The molecule has 5 nitrogen and oxygen atoms in total. The van der Waals surface area contributed by atoms with Gasteiger partial charge in [0.15, 0.2) is 9.84 Å². The van der Waals surface area contributed by atoms with Crippen molar-refractivity contribution in [2.45, 2.75) is 17.7 Å². The van der Waals surface area contributed by atoms with Gasteiger partial charge in [-0.3, -0.25) is 0 Å². The van der Waals surface area contributed by atoms with Gasteiger partial charge in [-0.2, -0.15) is 0 Å². The van der Waals surface area contributed by atoms with Crippen LogP contribution in [-0.2, 0) is 9.84 Å². The van der Waals surface area contributed by atoms with Crippen LogP contribution in [0.5, 0.6) is 0 Å². The SMILES string of the molecule is O=C(O)c1cc(Cl)cc(S(=O)(=O)CCCCO)c1Cl. The lowest BCUT2D eigenvalue weighted by Gasteiger charge is -2.09. The van der Waals surface area contributed by atoms with Crippen molar-refractivity contribution in [3.05, 3.63) is 27.7 Å². The van der Waals surface area contributed by atoms with Crippen molar-refractivity contribution in [3.63, 3.8) is 0 Å². The van der Waals surface area contributed by atoms with Gasteiger partial charge in [0.1, 0.15) is 0 Å². The first-order valence-corrected chi connectivity index (χ1v) is 7.76. The van der Waals surface area contributed by atoms with Crippen LogP contribution in [0.1, 0.15) is 23.2 Å². The van der Waals surface area contributed by atoms with Crippen molar-refractivity contribution in [1.29, 1.82) is 0 Å². The third-order valence-electron chi connectivity index (χ3n) is 2.39. The highest BCUT2D eigenvalue weighted by Gasteiger charge is 2.23. The van der Waals surface area contributed by atoms with Crippen LogP contribution in [0.25, 0.3) is 0 Å². The Balaban J connectivity index is 3.23. The first kappa shape index (κ1) is 16.2. The minimum absolute atomic E-state index is 0.0115. The molecule has 0 unspecified atom stereocenters. The molecule has 1 aromatic carbocycles. The topological polar surface area (TPSA) is 91.7 Å². The summed E-state index contributed by atoms with van der Waals surface area (Å²) in [5, 5.41) is 17.2. The molecule has 0 saturated heterocycles. The average Bonchev–Trinajstić information content (AvgIpc) is 2.31. The third kappa shape index (κ3) is 4.07. The van der Waals surface area contributed by atoms with Crippen LogP contribution >= 0.6 is 23.2 Å². The molecule has 0 aliphatic rings. The van der Waals surface area contributed by atoms with Gasteiger partial charge in [-0.15, -0.1) is 0 Å². The molecule has 0 aliphatic carbocycles. The third-order valence-corrected chi connectivity index (χ3v) is 4.95. The van der Waals surface area contributed by atoms with Crippen LogP contribution < -0.4 is 0 Å². The Kier molecular flexibility index (Phi) is 5.61. The second-order valence-electron chi connectivity index (χ2n) is 3.82. The van der Waals surface area contributed by atoms with E-state index in [0.717, 1.165) is 12.1 Å². The molecule has 1 aromatic rings. The molecule has 2 N–H and O–H groups in total. The Labute approximate surface area is 120 Å². The summed E-state index contributed by atoms with van der Waals surface area (Å²) in [6.45, 7) is -0.112. The number of aliphatic hydroxyl groups is 1. The zero-order valence-corrected chi connectivity index (χ0v) is 12.1. The van der Waals surface area contributed by atoms with E-state index in [0.29, 0.717) is 6.42 Å². The monoisotopic (exact) mass is 326 g/mol. The highest BCUT2D eigenvalue weighted by Crippen LogP contribution is 2.30. The van der Waals surface area contributed by atoms with Gasteiger partial charge in [0.2, 0.25) is 0 Å². The van der Waals surface area contributed by atoms with E-state index in [-0.39, 0.29) is 39.3 Å². The molecule has 0 amide bonds. The smallest absolute Gasteiger partial charge is 0.337 e. The summed E-state index contributed by atoms with van der Waals surface area (Å²) in [6.07, 6.45) is 0.591. The van der Waals surface area contributed by atoms with E-state index >= 15 is 0 Å². The molecule has 19 heavy (non-hydrogen) atoms. The van der Waals surface area contributed by atoms with Gasteiger partial charge in [0.25, 0.3) is 0 Å². The van der Waals surface area contributed by atoms with Crippen molar-refractivity contribution in [1.82, 2.24) is 0 Å². The van der Waals surface area contributed by atoms with Gasteiger partial charge in [0.05, 0.1) is 21.2 Å². The van der Waals surface area contributed by atoms with E-state index in [9.17, 15) is 13.2 Å². The molecule has 8 heteroatoms. The molecule has 0 aliphatic heterocycles. The van der Waals surface area contributed by atoms with Crippen LogP contribution in [0, 0.1) is 0 Å². The summed E-state index contributed by atoms with van der Waals surface area (Å²) in [7, 11) is -3.73. The van der Waals surface area contributed by atoms with E-state index in [1.165, 1.54) is 0 Å². The first-order chi connectivity index (χ1) is 8.79. The molecule has 0 heterocycles. The minimum atomic E-state index is -3.73. The van der Waals surface area contributed by atoms with Crippen LogP contribution in [0.3, 0.4) is 0 Å². The number of rotatable bonds is 6.